The number of carbonyl (C=O) groups is 1. The predicted molar refractivity (Wildman–Crippen MR) is 75.7 cm³/mol. The predicted octanol–water partition coefficient (Wildman–Crippen LogP) is 0.114. The molecule has 20 heavy (non-hydrogen) atoms. The molecule has 112 valence electrons. The van der Waals surface area contributed by atoms with Crippen molar-refractivity contribution in [2.24, 2.45) is 0 Å². The first-order valence-corrected chi connectivity index (χ1v) is 7.80. The summed E-state index contributed by atoms with van der Waals surface area (Å²) in [4.78, 5) is 11.7. The molecule has 0 spiro atoms. The molecule has 0 fully saturated rings. The Morgan fingerprint density at radius 3 is 2.40 bits per heavy atom. The summed E-state index contributed by atoms with van der Waals surface area (Å²) in [6.45, 7) is 3.42. The van der Waals surface area contributed by atoms with E-state index in [-0.39, 0.29) is 31.1 Å². The molecule has 0 aliphatic heterocycles. The average Bonchev–Trinajstić information content (AvgIpc) is 2.42. The van der Waals surface area contributed by atoms with Crippen molar-refractivity contribution >= 4 is 15.9 Å². The van der Waals surface area contributed by atoms with Crippen molar-refractivity contribution in [2.45, 2.75) is 18.7 Å². The van der Waals surface area contributed by atoms with Crippen molar-refractivity contribution in [1.82, 2.24) is 9.62 Å². The van der Waals surface area contributed by atoms with Crippen LogP contribution in [-0.4, -0.2) is 50.0 Å². The number of rotatable bonds is 7. The van der Waals surface area contributed by atoms with E-state index >= 15 is 0 Å². The van der Waals surface area contributed by atoms with Crippen LogP contribution < -0.4 is 5.32 Å². The molecule has 0 radical (unpaired) electrons. The van der Waals surface area contributed by atoms with Crippen LogP contribution in [0.1, 0.15) is 12.5 Å². The van der Waals surface area contributed by atoms with Crippen LogP contribution in [0.4, 0.5) is 0 Å². The molecule has 0 bridgehead atoms. The highest BCUT2D eigenvalue weighted by molar-refractivity contribution is 7.89. The van der Waals surface area contributed by atoms with Crippen LogP contribution in [0.5, 0.6) is 0 Å². The van der Waals surface area contributed by atoms with E-state index in [2.05, 4.69) is 5.32 Å². The zero-order chi connectivity index (χ0) is 15.2. The molecule has 1 rings (SSSR count). The number of nitrogens with one attached hydrogen (secondary N) is 1. The monoisotopic (exact) mass is 300 g/mol. The fourth-order valence-electron chi connectivity index (χ4n) is 1.64. The number of aliphatic hydroxyl groups is 1. The molecule has 1 aromatic carbocycles. The topological polar surface area (TPSA) is 86.7 Å². The van der Waals surface area contributed by atoms with E-state index in [1.165, 1.54) is 12.1 Å². The highest BCUT2D eigenvalue weighted by atomic mass is 32.2. The largest absolute Gasteiger partial charge is 0.395 e. The normalized spacial score (nSPS) is 11.6. The Hall–Kier alpha value is -1.44. The van der Waals surface area contributed by atoms with Crippen LogP contribution >= 0.6 is 0 Å². The summed E-state index contributed by atoms with van der Waals surface area (Å²) in [6, 6.07) is 6.48. The van der Waals surface area contributed by atoms with Gasteiger partial charge in [-0.2, -0.15) is 4.31 Å². The summed E-state index contributed by atoms with van der Waals surface area (Å²) in [5, 5.41) is 11.1. The molecule has 0 saturated carbocycles. The van der Waals surface area contributed by atoms with E-state index in [9.17, 15) is 13.2 Å². The maximum absolute atomic E-state index is 12.4. The number of hydrogen-bond donors (Lipinski definition) is 2. The Bertz CT molecular complexity index is 540. The van der Waals surface area contributed by atoms with Crippen LogP contribution in [0.15, 0.2) is 29.2 Å². The highest BCUT2D eigenvalue weighted by Gasteiger charge is 2.24. The number of aryl methyl sites for hydroxylation is 1. The number of aliphatic hydroxyl groups excluding tert-OH is 1. The third-order valence-corrected chi connectivity index (χ3v) is 4.70. The maximum Gasteiger partial charge on any atom is 0.243 e. The lowest BCUT2D eigenvalue weighted by Gasteiger charge is -2.20. The van der Waals surface area contributed by atoms with Crippen molar-refractivity contribution < 1.29 is 18.3 Å². The van der Waals surface area contributed by atoms with Crippen molar-refractivity contribution in [1.29, 1.82) is 0 Å². The SMILES string of the molecule is CCN(CC(=O)NCCO)S(=O)(=O)c1ccc(C)cc1. The molecule has 0 saturated heterocycles. The van der Waals surface area contributed by atoms with Crippen molar-refractivity contribution in [3.05, 3.63) is 29.8 Å². The van der Waals surface area contributed by atoms with Gasteiger partial charge in [-0.05, 0) is 19.1 Å². The van der Waals surface area contributed by atoms with Crippen molar-refractivity contribution in [3.8, 4) is 0 Å². The minimum atomic E-state index is -3.68. The second-order valence-electron chi connectivity index (χ2n) is 4.32. The van der Waals surface area contributed by atoms with Gasteiger partial charge in [0.15, 0.2) is 0 Å². The molecule has 0 aromatic heterocycles. The lowest BCUT2D eigenvalue weighted by molar-refractivity contribution is -0.121. The van der Waals surface area contributed by atoms with Crippen molar-refractivity contribution in [3.63, 3.8) is 0 Å². The van der Waals surface area contributed by atoms with Crippen LogP contribution in [0.2, 0.25) is 0 Å². The molecule has 1 aromatic rings. The van der Waals surface area contributed by atoms with E-state index in [0.29, 0.717) is 0 Å². The number of sulfonamides is 1. The summed E-state index contributed by atoms with van der Waals surface area (Å²) in [7, 11) is -3.68. The summed E-state index contributed by atoms with van der Waals surface area (Å²) in [5.74, 6) is -0.434. The minimum absolute atomic E-state index is 0.112. The molecule has 1 amide bonds. The Morgan fingerprint density at radius 2 is 1.90 bits per heavy atom. The standard InChI is InChI=1S/C13H20N2O4S/c1-3-15(10-13(17)14-8-9-16)20(18,19)12-6-4-11(2)5-7-12/h4-7,16H,3,8-10H2,1-2H3,(H,14,17). The van der Waals surface area contributed by atoms with Crippen LogP contribution in [0.3, 0.4) is 0 Å². The lowest BCUT2D eigenvalue weighted by atomic mass is 10.2. The molecule has 0 aliphatic rings. The highest BCUT2D eigenvalue weighted by Crippen LogP contribution is 2.15. The Kier molecular flexibility index (Phi) is 6.12. The van der Waals surface area contributed by atoms with Crippen molar-refractivity contribution in [2.75, 3.05) is 26.2 Å². The number of likely N-dealkylation sites (N-methyl/N-ethyl adjacent to an activating group) is 1. The van der Waals surface area contributed by atoms with Gasteiger partial charge in [0, 0.05) is 13.1 Å². The van der Waals surface area contributed by atoms with Gasteiger partial charge in [-0.1, -0.05) is 24.6 Å². The third-order valence-electron chi connectivity index (χ3n) is 2.77. The molecule has 0 atom stereocenters. The second kappa shape index (κ2) is 7.37. The van der Waals surface area contributed by atoms with Gasteiger partial charge in [-0.25, -0.2) is 8.42 Å². The first kappa shape index (κ1) is 16.6. The quantitative estimate of drug-likeness (QED) is 0.748. The smallest absolute Gasteiger partial charge is 0.243 e. The van der Waals surface area contributed by atoms with Gasteiger partial charge in [0.05, 0.1) is 18.0 Å². The van der Waals surface area contributed by atoms with E-state index in [1.807, 2.05) is 6.92 Å². The third kappa shape index (κ3) is 4.29. The van der Waals surface area contributed by atoms with Gasteiger partial charge in [0.1, 0.15) is 0 Å². The molecule has 6 nitrogen and oxygen atoms in total. The molecule has 0 heterocycles. The molecular formula is C13H20N2O4S. The summed E-state index contributed by atoms with van der Waals surface area (Å²) in [6.07, 6.45) is 0. The number of benzene rings is 1. The summed E-state index contributed by atoms with van der Waals surface area (Å²) in [5.41, 5.74) is 0.965. The van der Waals surface area contributed by atoms with Gasteiger partial charge in [0.25, 0.3) is 0 Å². The lowest BCUT2D eigenvalue weighted by Crippen LogP contribution is -2.41. The fraction of sp³-hybridized carbons (Fsp3) is 0.462. The molecular weight excluding hydrogens is 280 g/mol. The number of carbonyl (C=O) groups excluding carboxylic acids is 1. The first-order valence-electron chi connectivity index (χ1n) is 6.36. The summed E-state index contributed by atoms with van der Waals surface area (Å²) >= 11 is 0. The maximum atomic E-state index is 12.4. The van der Waals surface area contributed by atoms with E-state index in [1.54, 1.807) is 19.1 Å². The first-order chi connectivity index (χ1) is 9.41. The Labute approximate surface area is 119 Å². The number of nitrogens with zero attached hydrogens (tertiary/aromatic N) is 1. The van der Waals surface area contributed by atoms with Gasteiger partial charge >= 0.3 is 0 Å². The fourth-order valence-corrected chi connectivity index (χ4v) is 3.04. The average molecular weight is 300 g/mol. The number of amides is 1. The zero-order valence-electron chi connectivity index (χ0n) is 11.7. The van der Waals surface area contributed by atoms with Gasteiger partial charge in [-0.3, -0.25) is 4.79 Å². The van der Waals surface area contributed by atoms with Gasteiger partial charge in [-0.15, -0.1) is 0 Å². The number of hydrogen-bond acceptors (Lipinski definition) is 4. The molecule has 7 heteroatoms. The van der Waals surface area contributed by atoms with Crippen LogP contribution in [0.25, 0.3) is 0 Å². The molecule has 2 N–H and O–H groups in total. The van der Waals surface area contributed by atoms with Gasteiger partial charge < -0.3 is 10.4 Å². The molecule has 0 aliphatic carbocycles. The second-order valence-corrected chi connectivity index (χ2v) is 6.26. The van der Waals surface area contributed by atoms with E-state index in [4.69, 9.17) is 5.11 Å². The molecule has 0 unspecified atom stereocenters. The zero-order valence-corrected chi connectivity index (χ0v) is 12.5. The van der Waals surface area contributed by atoms with E-state index in [0.717, 1.165) is 9.87 Å². The van der Waals surface area contributed by atoms with E-state index < -0.39 is 15.9 Å². The van der Waals surface area contributed by atoms with Crippen LogP contribution in [-0.2, 0) is 14.8 Å². The Morgan fingerprint density at radius 1 is 1.30 bits per heavy atom. The Balaban J connectivity index is 2.87. The van der Waals surface area contributed by atoms with Crippen LogP contribution in [0, 0.1) is 6.92 Å². The minimum Gasteiger partial charge on any atom is -0.395 e. The van der Waals surface area contributed by atoms with Gasteiger partial charge in [0.2, 0.25) is 15.9 Å². The summed E-state index contributed by atoms with van der Waals surface area (Å²) < 4.78 is 25.9.